The van der Waals surface area contributed by atoms with Crippen LogP contribution in [-0.2, 0) is 0 Å². The predicted octanol–water partition coefficient (Wildman–Crippen LogP) is 4.30. The van der Waals surface area contributed by atoms with Crippen LogP contribution >= 0.6 is 0 Å². The Bertz CT molecular complexity index is 315. The number of rotatable bonds is 4. The molecule has 0 amide bonds. The zero-order valence-corrected chi connectivity index (χ0v) is 10.5. The van der Waals surface area contributed by atoms with Crippen molar-refractivity contribution in [3.63, 3.8) is 0 Å². The number of aryl methyl sites for hydroxylation is 1. The Kier molecular flexibility index (Phi) is 4.19. The molecule has 1 rings (SSSR count). The van der Waals surface area contributed by atoms with Crippen LogP contribution in [0, 0.1) is 6.92 Å². The minimum Gasteiger partial charge on any atom is -0.490 e. The maximum Gasteiger partial charge on any atom is 0.122 e. The first-order chi connectivity index (χ1) is 7.04. The molecular formula is C14H22O. The van der Waals surface area contributed by atoms with Crippen LogP contribution in [0.1, 0.15) is 51.2 Å². The van der Waals surface area contributed by atoms with Gasteiger partial charge < -0.3 is 4.74 Å². The molecule has 0 spiro atoms. The van der Waals surface area contributed by atoms with Crippen molar-refractivity contribution in [2.75, 3.05) is 0 Å². The lowest BCUT2D eigenvalue weighted by Crippen LogP contribution is -2.10. The van der Waals surface area contributed by atoms with E-state index in [4.69, 9.17) is 4.74 Å². The number of hydrogen-bond acceptors (Lipinski definition) is 1. The SMILES string of the molecule is CCC(C)Oc1cc(C(C)C)ccc1C. The van der Waals surface area contributed by atoms with Crippen LogP contribution in [0.15, 0.2) is 18.2 Å². The number of hydrogen-bond donors (Lipinski definition) is 0. The fourth-order valence-electron chi connectivity index (χ4n) is 1.40. The van der Waals surface area contributed by atoms with Gasteiger partial charge in [0.1, 0.15) is 5.75 Å². The van der Waals surface area contributed by atoms with E-state index in [9.17, 15) is 0 Å². The highest BCUT2D eigenvalue weighted by Gasteiger charge is 2.07. The first kappa shape index (κ1) is 12.1. The highest BCUT2D eigenvalue weighted by molar-refractivity contribution is 5.37. The topological polar surface area (TPSA) is 9.23 Å². The van der Waals surface area contributed by atoms with Gasteiger partial charge in [0.2, 0.25) is 0 Å². The van der Waals surface area contributed by atoms with Crippen molar-refractivity contribution in [2.45, 2.75) is 53.1 Å². The zero-order chi connectivity index (χ0) is 11.4. The monoisotopic (exact) mass is 206 g/mol. The molecule has 0 aliphatic heterocycles. The van der Waals surface area contributed by atoms with E-state index >= 15 is 0 Å². The lowest BCUT2D eigenvalue weighted by molar-refractivity contribution is 0.216. The van der Waals surface area contributed by atoms with Crippen molar-refractivity contribution >= 4 is 0 Å². The summed E-state index contributed by atoms with van der Waals surface area (Å²) in [7, 11) is 0. The molecular weight excluding hydrogens is 184 g/mol. The number of benzene rings is 1. The van der Waals surface area contributed by atoms with Crippen LogP contribution in [0.3, 0.4) is 0 Å². The third-order valence-corrected chi connectivity index (χ3v) is 2.78. The Morgan fingerprint density at radius 2 is 1.87 bits per heavy atom. The summed E-state index contributed by atoms with van der Waals surface area (Å²) in [5.74, 6) is 1.60. The summed E-state index contributed by atoms with van der Waals surface area (Å²) in [5.41, 5.74) is 2.57. The average Bonchev–Trinajstić information content (AvgIpc) is 2.20. The average molecular weight is 206 g/mol. The molecule has 1 heteroatoms. The Morgan fingerprint density at radius 3 is 2.40 bits per heavy atom. The molecule has 84 valence electrons. The van der Waals surface area contributed by atoms with E-state index in [1.165, 1.54) is 11.1 Å². The molecule has 1 unspecified atom stereocenters. The highest BCUT2D eigenvalue weighted by Crippen LogP contribution is 2.25. The van der Waals surface area contributed by atoms with Crippen LogP contribution in [0.4, 0.5) is 0 Å². The molecule has 15 heavy (non-hydrogen) atoms. The summed E-state index contributed by atoms with van der Waals surface area (Å²) in [4.78, 5) is 0. The minimum absolute atomic E-state index is 0.297. The summed E-state index contributed by atoms with van der Waals surface area (Å²) in [6.07, 6.45) is 1.34. The maximum absolute atomic E-state index is 5.89. The molecule has 0 saturated carbocycles. The van der Waals surface area contributed by atoms with Crippen LogP contribution in [0.25, 0.3) is 0 Å². The van der Waals surface area contributed by atoms with Crippen LogP contribution in [0.2, 0.25) is 0 Å². The third-order valence-electron chi connectivity index (χ3n) is 2.78. The van der Waals surface area contributed by atoms with Gasteiger partial charge in [0, 0.05) is 0 Å². The minimum atomic E-state index is 0.297. The molecule has 0 aliphatic rings. The predicted molar refractivity (Wildman–Crippen MR) is 65.6 cm³/mol. The van der Waals surface area contributed by atoms with Gasteiger partial charge in [-0.3, -0.25) is 0 Å². The first-order valence-corrected chi connectivity index (χ1v) is 5.81. The summed E-state index contributed by atoms with van der Waals surface area (Å²) in [6, 6.07) is 6.50. The molecule has 0 saturated heterocycles. The van der Waals surface area contributed by atoms with Gasteiger partial charge >= 0.3 is 0 Å². The summed E-state index contributed by atoms with van der Waals surface area (Å²) in [5, 5.41) is 0. The van der Waals surface area contributed by atoms with E-state index in [0.717, 1.165) is 12.2 Å². The summed E-state index contributed by atoms with van der Waals surface area (Å²) >= 11 is 0. The Balaban J connectivity index is 2.90. The van der Waals surface area contributed by atoms with Gasteiger partial charge in [0.15, 0.2) is 0 Å². The van der Waals surface area contributed by atoms with Gasteiger partial charge in [0.05, 0.1) is 6.10 Å². The third kappa shape index (κ3) is 3.26. The molecule has 0 N–H and O–H groups in total. The molecule has 1 aromatic carbocycles. The Hall–Kier alpha value is -0.980. The van der Waals surface area contributed by atoms with E-state index in [0.29, 0.717) is 12.0 Å². The molecule has 0 fully saturated rings. The second-order valence-corrected chi connectivity index (χ2v) is 4.52. The molecule has 1 aromatic rings. The van der Waals surface area contributed by atoms with Crippen LogP contribution in [0.5, 0.6) is 5.75 Å². The smallest absolute Gasteiger partial charge is 0.122 e. The zero-order valence-electron chi connectivity index (χ0n) is 10.5. The van der Waals surface area contributed by atoms with Gasteiger partial charge in [-0.2, -0.15) is 0 Å². The highest BCUT2D eigenvalue weighted by atomic mass is 16.5. The normalized spacial score (nSPS) is 12.9. The molecule has 1 nitrogen and oxygen atoms in total. The quantitative estimate of drug-likeness (QED) is 0.714. The van der Waals surface area contributed by atoms with Crippen molar-refractivity contribution in [1.82, 2.24) is 0 Å². The van der Waals surface area contributed by atoms with Crippen molar-refractivity contribution in [2.24, 2.45) is 0 Å². The van der Waals surface area contributed by atoms with Gasteiger partial charge in [-0.1, -0.05) is 32.9 Å². The second-order valence-electron chi connectivity index (χ2n) is 4.52. The molecule has 0 bridgehead atoms. The number of ether oxygens (including phenoxy) is 1. The first-order valence-electron chi connectivity index (χ1n) is 5.81. The lowest BCUT2D eigenvalue weighted by atomic mass is 10.0. The van der Waals surface area contributed by atoms with E-state index in [2.05, 4.69) is 52.8 Å². The van der Waals surface area contributed by atoms with Crippen LogP contribution in [-0.4, -0.2) is 6.10 Å². The van der Waals surface area contributed by atoms with Gasteiger partial charge in [0.25, 0.3) is 0 Å². The van der Waals surface area contributed by atoms with Crippen LogP contribution < -0.4 is 4.74 Å². The molecule has 1 atom stereocenters. The van der Waals surface area contributed by atoms with Crippen molar-refractivity contribution in [3.8, 4) is 5.75 Å². The fourth-order valence-corrected chi connectivity index (χ4v) is 1.40. The summed E-state index contributed by atoms with van der Waals surface area (Å²) < 4.78 is 5.89. The van der Waals surface area contributed by atoms with E-state index < -0.39 is 0 Å². The Morgan fingerprint density at radius 1 is 1.20 bits per heavy atom. The Labute approximate surface area is 93.5 Å². The largest absolute Gasteiger partial charge is 0.490 e. The van der Waals surface area contributed by atoms with Crippen molar-refractivity contribution in [3.05, 3.63) is 29.3 Å². The van der Waals surface area contributed by atoms with Gasteiger partial charge in [-0.25, -0.2) is 0 Å². The van der Waals surface area contributed by atoms with Crippen molar-refractivity contribution < 1.29 is 4.74 Å². The van der Waals surface area contributed by atoms with Gasteiger partial charge in [-0.05, 0) is 43.4 Å². The molecule has 0 radical (unpaired) electrons. The second kappa shape index (κ2) is 5.20. The fraction of sp³-hybridized carbons (Fsp3) is 0.571. The lowest BCUT2D eigenvalue weighted by Gasteiger charge is -2.16. The maximum atomic E-state index is 5.89. The molecule has 0 heterocycles. The summed E-state index contributed by atoms with van der Waals surface area (Å²) in [6.45, 7) is 10.8. The van der Waals surface area contributed by atoms with Crippen molar-refractivity contribution in [1.29, 1.82) is 0 Å². The van der Waals surface area contributed by atoms with Gasteiger partial charge in [-0.15, -0.1) is 0 Å². The van der Waals surface area contributed by atoms with E-state index in [1.54, 1.807) is 0 Å². The van der Waals surface area contributed by atoms with E-state index in [1.807, 2.05) is 0 Å². The molecule has 0 aromatic heterocycles. The standard InChI is InChI=1S/C14H22O/c1-6-12(5)15-14-9-13(10(2)3)8-7-11(14)4/h7-10,12H,6H2,1-5H3. The van der Waals surface area contributed by atoms with E-state index in [-0.39, 0.29) is 0 Å². The molecule has 0 aliphatic carbocycles.